The molecule has 0 saturated carbocycles. The van der Waals surface area contributed by atoms with Gasteiger partial charge in [-0.3, -0.25) is 4.18 Å². The van der Waals surface area contributed by atoms with Gasteiger partial charge in [-0.05, 0) is 37.8 Å². The Morgan fingerprint density at radius 1 is 1.12 bits per heavy atom. The molecule has 0 bridgehead atoms. The van der Waals surface area contributed by atoms with Crippen LogP contribution in [0.2, 0.25) is 0 Å². The maximum atomic E-state index is 12.9. The molecule has 0 aliphatic carbocycles. The first-order valence-electron chi connectivity index (χ1n) is 8.48. The average molecular weight is 404 g/mol. The van der Waals surface area contributed by atoms with Crippen LogP contribution < -0.4 is 4.72 Å². The van der Waals surface area contributed by atoms with Gasteiger partial charge in [0.05, 0.1) is 17.8 Å². The van der Waals surface area contributed by atoms with Gasteiger partial charge in [0.25, 0.3) is 10.1 Å². The van der Waals surface area contributed by atoms with Crippen LogP contribution in [0.5, 0.6) is 0 Å². The van der Waals surface area contributed by atoms with Crippen molar-refractivity contribution in [2.75, 3.05) is 12.9 Å². The van der Waals surface area contributed by atoms with Crippen molar-refractivity contribution < 1.29 is 21.0 Å². The average Bonchev–Trinajstić information content (AvgIpc) is 2.46. The minimum absolute atomic E-state index is 0.0327. The molecule has 1 aromatic carbocycles. The molecule has 1 rings (SSSR count). The highest BCUT2D eigenvalue weighted by Crippen LogP contribution is 2.23. The van der Waals surface area contributed by atoms with Gasteiger partial charge < -0.3 is 0 Å². The lowest BCUT2D eigenvalue weighted by Crippen LogP contribution is -2.38. The minimum atomic E-state index is -3.72. The van der Waals surface area contributed by atoms with E-state index in [0.29, 0.717) is 11.1 Å². The fourth-order valence-electron chi connectivity index (χ4n) is 2.79. The number of benzene rings is 1. The Kier molecular flexibility index (Phi) is 8.01. The molecule has 0 aliphatic heterocycles. The molecular weight excluding hydrogens is 374 g/mol. The third-order valence-corrected chi connectivity index (χ3v) is 6.47. The standard InChI is InChI=1S/C18H29NO5S2/c1-7-14(3)17(9-8-10-24-25(6,20)21)19-26(22,23)18-15(4)11-13(2)12-16(18)5/h8-9,11-12,14,17,19H,7,10H2,1-6H3/b9-8-/t14?,17-/m1/s1. The van der Waals surface area contributed by atoms with E-state index in [1.807, 2.05) is 32.9 Å². The van der Waals surface area contributed by atoms with Gasteiger partial charge in [0.1, 0.15) is 0 Å². The summed E-state index contributed by atoms with van der Waals surface area (Å²) in [4.78, 5) is 0.289. The number of aryl methyl sites for hydroxylation is 3. The molecule has 148 valence electrons. The van der Waals surface area contributed by atoms with Gasteiger partial charge in [0.15, 0.2) is 0 Å². The van der Waals surface area contributed by atoms with Crippen LogP contribution in [0.25, 0.3) is 0 Å². The Labute approximate surface area is 157 Å². The molecule has 1 aromatic rings. The molecule has 0 radical (unpaired) electrons. The van der Waals surface area contributed by atoms with E-state index in [2.05, 4.69) is 8.91 Å². The van der Waals surface area contributed by atoms with Crippen LogP contribution in [0.15, 0.2) is 29.2 Å². The Balaban J connectivity index is 3.09. The number of hydrogen-bond acceptors (Lipinski definition) is 5. The van der Waals surface area contributed by atoms with E-state index in [1.54, 1.807) is 19.9 Å². The molecule has 0 aliphatic rings. The van der Waals surface area contributed by atoms with Gasteiger partial charge in [-0.1, -0.05) is 50.1 Å². The number of sulfonamides is 1. The van der Waals surface area contributed by atoms with Crippen molar-refractivity contribution in [2.45, 2.75) is 52.0 Å². The molecule has 1 N–H and O–H groups in total. The van der Waals surface area contributed by atoms with Gasteiger partial charge in [-0.25, -0.2) is 13.1 Å². The topological polar surface area (TPSA) is 89.5 Å². The van der Waals surface area contributed by atoms with E-state index in [9.17, 15) is 16.8 Å². The lowest BCUT2D eigenvalue weighted by molar-refractivity contribution is 0.360. The summed E-state index contributed by atoms with van der Waals surface area (Å²) in [5, 5.41) is 0. The van der Waals surface area contributed by atoms with E-state index >= 15 is 0 Å². The van der Waals surface area contributed by atoms with Crippen molar-refractivity contribution in [2.24, 2.45) is 5.92 Å². The summed E-state index contributed by atoms with van der Waals surface area (Å²) in [5.41, 5.74) is 2.40. The Morgan fingerprint density at radius 2 is 1.65 bits per heavy atom. The predicted molar refractivity (Wildman–Crippen MR) is 104 cm³/mol. The van der Waals surface area contributed by atoms with Crippen molar-refractivity contribution in [3.63, 3.8) is 0 Å². The third-order valence-electron chi connectivity index (χ3n) is 4.14. The van der Waals surface area contributed by atoms with E-state index in [4.69, 9.17) is 0 Å². The summed E-state index contributed by atoms with van der Waals surface area (Å²) in [5.74, 6) is 0.0327. The highest BCUT2D eigenvalue weighted by atomic mass is 32.2. The van der Waals surface area contributed by atoms with Gasteiger partial charge in [-0.2, -0.15) is 8.42 Å². The van der Waals surface area contributed by atoms with Crippen molar-refractivity contribution in [1.82, 2.24) is 4.72 Å². The second-order valence-corrected chi connectivity index (χ2v) is 9.97. The monoisotopic (exact) mass is 403 g/mol. The number of rotatable bonds is 9. The maximum absolute atomic E-state index is 12.9. The zero-order valence-electron chi connectivity index (χ0n) is 16.2. The molecule has 0 amide bonds. The smallest absolute Gasteiger partial charge is 0.264 e. The largest absolute Gasteiger partial charge is 0.266 e. The van der Waals surface area contributed by atoms with E-state index in [1.165, 1.54) is 6.08 Å². The van der Waals surface area contributed by atoms with Crippen molar-refractivity contribution in [1.29, 1.82) is 0 Å². The molecule has 0 aromatic heterocycles. The van der Waals surface area contributed by atoms with Crippen LogP contribution in [0.4, 0.5) is 0 Å². The fourth-order valence-corrected chi connectivity index (χ4v) is 4.87. The van der Waals surface area contributed by atoms with E-state index in [0.717, 1.165) is 18.2 Å². The van der Waals surface area contributed by atoms with Crippen LogP contribution in [-0.2, 0) is 24.3 Å². The minimum Gasteiger partial charge on any atom is -0.266 e. The van der Waals surface area contributed by atoms with Gasteiger partial charge in [0, 0.05) is 6.04 Å². The molecular formula is C18H29NO5S2. The molecule has 0 heterocycles. The molecule has 2 atom stereocenters. The Hall–Kier alpha value is -1.22. The van der Waals surface area contributed by atoms with Crippen LogP contribution in [-0.4, -0.2) is 35.7 Å². The number of nitrogens with one attached hydrogen (secondary N) is 1. The summed E-state index contributed by atoms with van der Waals surface area (Å²) in [7, 11) is -7.25. The van der Waals surface area contributed by atoms with Crippen molar-refractivity contribution in [3.05, 3.63) is 41.0 Å². The Morgan fingerprint density at radius 3 is 2.12 bits per heavy atom. The van der Waals surface area contributed by atoms with E-state index < -0.39 is 26.2 Å². The SMILES string of the molecule is CCC(C)[C@@H](/C=C\COS(C)(=O)=O)NS(=O)(=O)c1c(C)cc(C)cc1C. The highest BCUT2D eigenvalue weighted by molar-refractivity contribution is 7.89. The van der Waals surface area contributed by atoms with Crippen molar-refractivity contribution >= 4 is 20.1 Å². The normalized spacial score (nSPS) is 15.3. The van der Waals surface area contributed by atoms with Gasteiger partial charge in [0.2, 0.25) is 10.0 Å². The molecule has 26 heavy (non-hydrogen) atoms. The summed E-state index contributed by atoms with van der Waals surface area (Å²) in [6.07, 6.45) is 4.90. The zero-order chi connectivity index (χ0) is 20.1. The molecule has 8 heteroatoms. The third kappa shape index (κ3) is 6.83. The summed E-state index contributed by atoms with van der Waals surface area (Å²) < 4.78 is 55.3. The van der Waals surface area contributed by atoms with Crippen LogP contribution in [0.1, 0.15) is 37.0 Å². The molecule has 1 unspecified atom stereocenters. The lowest BCUT2D eigenvalue weighted by Gasteiger charge is -2.22. The van der Waals surface area contributed by atoms with Gasteiger partial charge in [-0.15, -0.1) is 0 Å². The first-order chi connectivity index (χ1) is 11.9. The Bertz CT molecular complexity index is 835. The second-order valence-electron chi connectivity index (χ2n) is 6.68. The van der Waals surface area contributed by atoms with E-state index in [-0.39, 0.29) is 17.4 Å². The molecule has 0 saturated heterocycles. The zero-order valence-corrected chi connectivity index (χ0v) is 17.9. The summed E-state index contributed by atoms with van der Waals surface area (Å²) >= 11 is 0. The van der Waals surface area contributed by atoms with Gasteiger partial charge >= 0.3 is 0 Å². The quantitative estimate of drug-likeness (QED) is 0.506. The predicted octanol–water partition coefficient (Wildman–Crippen LogP) is 2.84. The summed E-state index contributed by atoms with van der Waals surface area (Å²) in [6.45, 7) is 9.26. The number of hydrogen-bond donors (Lipinski definition) is 1. The first-order valence-corrected chi connectivity index (χ1v) is 11.8. The fraction of sp³-hybridized carbons (Fsp3) is 0.556. The molecule has 6 nitrogen and oxygen atoms in total. The van der Waals surface area contributed by atoms with Crippen molar-refractivity contribution in [3.8, 4) is 0 Å². The lowest BCUT2D eigenvalue weighted by atomic mass is 10.00. The van der Waals surface area contributed by atoms with Crippen LogP contribution >= 0.6 is 0 Å². The highest BCUT2D eigenvalue weighted by Gasteiger charge is 2.25. The maximum Gasteiger partial charge on any atom is 0.264 e. The summed E-state index contributed by atoms with van der Waals surface area (Å²) in [6, 6.07) is 3.22. The van der Waals surface area contributed by atoms with Crippen LogP contribution in [0.3, 0.4) is 0 Å². The molecule has 0 spiro atoms. The first kappa shape index (κ1) is 22.8. The molecule has 0 fully saturated rings. The second kappa shape index (κ2) is 9.12. The van der Waals surface area contributed by atoms with Crippen LogP contribution in [0, 0.1) is 26.7 Å².